The highest BCUT2D eigenvalue weighted by atomic mass is 32.1. The molecule has 0 fully saturated rings. The van der Waals surface area contributed by atoms with Crippen molar-refractivity contribution in [2.24, 2.45) is 0 Å². The van der Waals surface area contributed by atoms with E-state index < -0.39 is 18.5 Å². The lowest BCUT2D eigenvalue weighted by molar-refractivity contribution is -0.150. The van der Waals surface area contributed by atoms with Crippen LogP contribution in [-0.4, -0.2) is 17.1 Å². The first kappa shape index (κ1) is 12.6. The van der Waals surface area contributed by atoms with Gasteiger partial charge in [-0.05, 0) is 18.2 Å². The van der Waals surface area contributed by atoms with Crippen molar-refractivity contribution in [2.45, 2.75) is 12.6 Å². The SMILES string of the molecule is Nc1ccc2nc(NC(=O)CC(F)(F)F)sc2c1. The zero-order valence-electron chi connectivity index (χ0n) is 8.91. The fourth-order valence-corrected chi connectivity index (χ4v) is 2.27. The van der Waals surface area contributed by atoms with Gasteiger partial charge in [0.15, 0.2) is 5.13 Å². The molecule has 2 aromatic rings. The highest BCUT2D eigenvalue weighted by Gasteiger charge is 2.31. The van der Waals surface area contributed by atoms with E-state index in [-0.39, 0.29) is 5.13 Å². The summed E-state index contributed by atoms with van der Waals surface area (Å²) < 4.78 is 36.6. The van der Waals surface area contributed by atoms with Crippen molar-refractivity contribution >= 4 is 38.3 Å². The van der Waals surface area contributed by atoms with Crippen LogP contribution in [0.25, 0.3) is 10.2 Å². The number of anilines is 2. The number of benzene rings is 1. The zero-order chi connectivity index (χ0) is 13.3. The molecule has 0 spiro atoms. The molecule has 4 nitrogen and oxygen atoms in total. The first-order valence-electron chi connectivity index (χ1n) is 4.86. The van der Waals surface area contributed by atoms with Crippen molar-refractivity contribution in [1.29, 1.82) is 0 Å². The summed E-state index contributed by atoms with van der Waals surface area (Å²) >= 11 is 1.08. The van der Waals surface area contributed by atoms with Crippen LogP contribution >= 0.6 is 11.3 Å². The highest BCUT2D eigenvalue weighted by Crippen LogP contribution is 2.28. The van der Waals surface area contributed by atoms with Gasteiger partial charge in [0.05, 0.1) is 10.2 Å². The number of hydrogen-bond donors (Lipinski definition) is 2. The Morgan fingerprint density at radius 3 is 2.83 bits per heavy atom. The molecule has 1 amide bonds. The number of rotatable bonds is 2. The molecule has 0 radical (unpaired) electrons. The molecule has 0 bridgehead atoms. The third-order valence-corrected chi connectivity index (χ3v) is 2.95. The Labute approximate surface area is 104 Å². The maximum Gasteiger partial charge on any atom is 0.397 e. The summed E-state index contributed by atoms with van der Waals surface area (Å²) in [5, 5.41) is 2.24. The molecule has 0 aliphatic heterocycles. The first-order chi connectivity index (χ1) is 8.33. The summed E-state index contributed by atoms with van der Waals surface area (Å²) in [6.45, 7) is 0. The first-order valence-corrected chi connectivity index (χ1v) is 5.68. The molecular formula is C10H8F3N3OS. The number of nitrogens with one attached hydrogen (secondary N) is 1. The molecule has 0 aliphatic rings. The zero-order valence-corrected chi connectivity index (χ0v) is 9.73. The molecule has 3 N–H and O–H groups in total. The average Bonchev–Trinajstić information content (AvgIpc) is 2.55. The smallest absolute Gasteiger partial charge is 0.397 e. The van der Waals surface area contributed by atoms with Gasteiger partial charge in [-0.1, -0.05) is 11.3 Å². The second-order valence-electron chi connectivity index (χ2n) is 3.59. The van der Waals surface area contributed by atoms with E-state index in [1.807, 2.05) is 0 Å². The van der Waals surface area contributed by atoms with Crippen LogP contribution in [-0.2, 0) is 4.79 Å². The Bertz CT molecular complexity index is 594. The van der Waals surface area contributed by atoms with E-state index in [1.165, 1.54) is 0 Å². The number of thiazole rings is 1. The number of nitrogens with two attached hydrogens (primary N) is 1. The van der Waals surface area contributed by atoms with Crippen molar-refractivity contribution in [3.05, 3.63) is 18.2 Å². The van der Waals surface area contributed by atoms with Crippen molar-refractivity contribution in [1.82, 2.24) is 4.98 Å². The van der Waals surface area contributed by atoms with Gasteiger partial charge in [-0.3, -0.25) is 4.79 Å². The highest BCUT2D eigenvalue weighted by molar-refractivity contribution is 7.22. The Morgan fingerprint density at radius 1 is 1.44 bits per heavy atom. The van der Waals surface area contributed by atoms with E-state index in [1.54, 1.807) is 18.2 Å². The number of nitrogens with zero attached hydrogens (tertiary/aromatic N) is 1. The van der Waals surface area contributed by atoms with Crippen LogP contribution in [0.5, 0.6) is 0 Å². The summed E-state index contributed by atoms with van der Waals surface area (Å²) in [6, 6.07) is 4.91. The van der Waals surface area contributed by atoms with Gasteiger partial charge < -0.3 is 11.1 Å². The van der Waals surface area contributed by atoms with E-state index in [0.29, 0.717) is 15.9 Å². The quantitative estimate of drug-likeness (QED) is 0.828. The molecule has 1 aromatic carbocycles. The van der Waals surface area contributed by atoms with Crippen LogP contribution in [0.2, 0.25) is 0 Å². The molecule has 0 atom stereocenters. The fraction of sp³-hybridized carbons (Fsp3) is 0.200. The number of nitrogen functional groups attached to an aromatic ring is 1. The maximum absolute atomic E-state index is 12.0. The lowest BCUT2D eigenvalue weighted by Crippen LogP contribution is -2.20. The minimum absolute atomic E-state index is 0.129. The van der Waals surface area contributed by atoms with Crippen molar-refractivity contribution in [3.63, 3.8) is 0 Å². The Balaban J connectivity index is 2.15. The number of aromatic nitrogens is 1. The Kier molecular flexibility index (Phi) is 3.12. The van der Waals surface area contributed by atoms with Crippen LogP contribution < -0.4 is 11.1 Å². The van der Waals surface area contributed by atoms with E-state index in [2.05, 4.69) is 10.3 Å². The number of carbonyl (C=O) groups is 1. The largest absolute Gasteiger partial charge is 0.399 e. The molecule has 8 heteroatoms. The molecule has 0 saturated heterocycles. The van der Waals surface area contributed by atoms with E-state index in [4.69, 9.17) is 5.73 Å². The van der Waals surface area contributed by atoms with Gasteiger partial charge in [0.25, 0.3) is 0 Å². The van der Waals surface area contributed by atoms with Crippen molar-refractivity contribution < 1.29 is 18.0 Å². The van der Waals surface area contributed by atoms with Crippen molar-refractivity contribution in [2.75, 3.05) is 11.1 Å². The second kappa shape index (κ2) is 4.45. The Morgan fingerprint density at radius 2 is 2.17 bits per heavy atom. The van der Waals surface area contributed by atoms with Crippen LogP contribution in [0.4, 0.5) is 24.0 Å². The fourth-order valence-electron chi connectivity index (χ4n) is 1.34. The standard InChI is InChI=1S/C10H8F3N3OS/c11-10(12,13)4-8(17)16-9-15-6-2-1-5(14)3-7(6)18-9/h1-3H,4,14H2,(H,15,16,17). The molecule has 96 valence electrons. The molecule has 2 rings (SSSR count). The second-order valence-corrected chi connectivity index (χ2v) is 4.62. The molecular weight excluding hydrogens is 267 g/mol. The summed E-state index contributed by atoms with van der Waals surface area (Å²) in [4.78, 5) is 15.1. The van der Waals surface area contributed by atoms with E-state index in [0.717, 1.165) is 11.3 Å². The molecule has 0 saturated carbocycles. The van der Waals surface area contributed by atoms with Crippen molar-refractivity contribution in [3.8, 4) is 0 Å². The van der Waals surface area contributed by atoms with Gasteiger partial charge in [0.2, 0.25) is 5.91 Å². The third-order valence-electron chi connectivity index (χ3n) is 2.02. The predicted molar refractivity (Wildman–Crippen MR) is 63.3 cm³/mol. The van der Waals surface area contributed by atoms with Gasteiger partial charge >= 0.3 is 6.18 Å². The normalized spacial score (nSPS) is 11.7. The molecule has 1 aromatic heterocycles. The number of carbonyl (C=O) groups excluding carboxylic acids is 1. The molecule has 0 unspecified atom stereocenters. The predicted octanol–water partition coefficient (Wildman–Crippen LogP) is 2.77. The molecule has 1 heterocycles. The number of alkyl halides is 3. The van der Waals surface area contributed by atoms with Gasteiger partial charge in [0, 0.05) is 5.69 Å². The topological polar surface area (TPSA) is 68.0 Å². The van der Waals surface area contributed by atoms with Crippen LogP contribution in [0.1, 0.15) is 6.42 Å². The summed E-state index contributed by atoms with van der Waals surface area (Å²) in [5.41, 5.74) is 6.67. The molecule has 0 aliphatic carbocycles. The number of amides is 1. The summed E-state index contributed by atoms with van der Waals surface area (Å²) in [5.74, 6) is -1.13. The van der Waals surface area contributed by atoms with E-state index >= 15 is 0 Å². The van der Waals surface area contributed by atoms with Crippen LogP contribution in [0.15, 0.2) is 18.2 Å². The van der Waals surface area contributed by atoms with Crippen LogP contribution in [0.3, 0.4) is 0 Å². The minimum atomic E-state index is -4.52. The lowest BCUT2D eigenvalue weighted by atomic mass is 10.3. The molecule has 18 heavy (non-hydrogen) atoms. The number of halogens is 3. The van der Waals surface area contributed by atoms with Gasteiger partial charge in [0.1, 0.15) is 6.42 Å². The van der Waals surface area contributed by atoms with Crippen LogP contribution in [0, 0.1) is 0 Å². The van der Waals surface area contributed by atoms with Gasteiger partial charge in [-0.25, -0.2) is 4.98 Å². The summed E-state index contributed by atoms with van der Waals surface area (Å²) in [7, 11) is 0. The van der Waals surface area contributed by atoms with E-state index in [9.17, 15) is 18.0 Å². The average molecular weight is 275 g/mol. The summed E-state index contributed by atoms with van der Waals surface area (Å²) in [6.07, 6.45) is -6.05. The minimum Gasteiger partial charge on any atom is -0.399 e. The number of fused-ring (bicyclic) bond motifs is 1. The van der Waals surface area contributed by atoms with Gasteiger partial charge in [-0.15, -0.1) is 0 Å². The monoisotopic (exact) mass is 275 g/mol. The van der Waals surface area contributed by atoms with Gasteiger partial charge in [-0.2, -0.15) is 13.2 Å². The maximum atomic E-state index is 12.0. The Hall–Kier alpha value is -1.83. The lowest BCUT2D eigenvalue weighted by Gasteiger charge is -2.04. The third kappa shape index (κ3) is 3.10. The number of hydrogen-bond acceptors (Lipinski definition) is 4.